The van der Waals surface area contributed by atoms with Gasteiger partial charge in [0, 0.05) is 0 Å². The predicted molar refractivity (Wildman–Crippen MR) is 96.3 cm³/mol. The molecule has 6 nitrogen and oxygen atoms in total. The maximum atomic E-state index is 11.7. The molecule has 0 saturated heterocycles. The summed E-state index contributed by atoms with van der Waals surface area (Å²) in [6.07, 6.45) is 2.42. The van der Waals surface area contributed by atoms with Gasteiger partial charge in [0.25, 0.3) is 5.91 Å². The van der Waals surface area contributed by atoms with Gasteiger partial charge in [0.1, 0.15) is 5.75 Å². The number of carbonyl (C=O) groups excluding carboxylic acids is 1. The molecular formula is C19H22N2O4. The topological polar surface area (TPSA) is 80.2 Å². The highest BCUT2D eigenvalue weighted by Gasteiger charge is 2.03. The number of hydrazone groups is 1. The average Bonchev–Trinajstić information content (AvgIpc) is 2.63. The predicted octanol–water partition coefficient (Wildman–Crippen LogP) is 2.88. The fourth-order valence-corrected chi connectivity index (χ4v) is 2.06. The number of phenols is 1. The summed E-state index contributed by atoms with van der Waals surface area (Å²) in [5, 5.41) is 13.5. The Morgan fingerprint density at radius 2 is 1.92 bits per heavy atom. The minimum absolute atomic E-state index is 0.0607. The van der Waals surface area contributed by atoms with Crippen LogP contribution in [0.3, 0.4) is 0 Å². The van der Waals surface area contributed by atoms with Gasteiger partial charge in [-0.05, 0) is 54.8 Å². The Hall–Kier alpha value is -3.02. The van der Waals surface area contributed by atoms with Crippen molar-refractivity contribution in [2.75, 3.05) is 13.2 Å². The lowest BCUT2D eigenvalue weighted by atomic mass is 10.2. The molecule has 2 N–H and O–H groups in total. The van der Waals surface area contributed by atoms with Crippen molar-refractivity contribution in [1.29, 1.82) is 0 Å². The van der Waals surface area contributed by atoms with E-state index in [1.54, 1.807) is 12.1 Å². The summed E-state index contributed by atoms with van der Waals surface area (Å²) in [4.78, 5) is 11.7. The molecule has 0 aliphatic carbocycles. The summed E-state index contributed by atoms with van der Waals surface area (Å²) in [5.74, 6) is 0.706. The van der Waals surface area contributed by atoms with Crippen LogP contribution in [-0.4, -0.2) is 30.4 Å². The minimum Gasteiger partial charge on any atom is -0.504 e. The minimum atomic E-state index is -0.361. The van der Waals surface area contributed by atoms with Crippen molar-refractivity contribution >= 4 is 12.1 Å². The number of aromatic hydroxyl groups is 1. The molecule has 6 heteroatoms. The summed E-state index contributed by atoms with van der Waals surface area (Å²) in [6, 6.07) is 12.4. The molecule has 132 valence electrons. The summed E-state index contributed by atoms with van der Waals surface area (Å²) in [5.41, 5.74) is 4.29. The van der Waals surface area contributed by atoms with Crippen molar-refractivity contribution in [2.45, 2.75) is 20.3 Å². The number of hydrogen-bond acceptors (Lipinski definition) is 5. The largest absolute Gasteiger partial charge is 0.504 e. The van der Waals surface area contributed by atoms with Gasteiger partial charge < -0.3 is 14.6 Å². The maximum absolute atomic E-state index is 11.7. The van der Waals surface area contributed by atoms with E-state index < -0.39 is 0 Å². The van der Waals surface area contributed by atoms with Crippen molar-refractivity contribution in [1.82, 2.24) is 5.43 Å². The Morgan fingerprint density at radius 1 is 1.16 bits per heavy atom. The molecule has 25 heavy (non-hydrogen) atoms. The normalized spacial score (nSPS) is 10.6. The van der Waals surface area contributed by atoms with Crippen molar-refractivity contribution in [3.05, 3.63) is 53.6 Å². The van der Waals surface area contributed by atoms with E-state index in [9.17, 15) is 9.90 Å². The van der Waals surface area contributed by atoms with E-state index in [0.29, 0.717) is 23.7 Å². The van der Waals surface area contributed by atoms with Gasteiger partial charge in [0.05, 0.1) is 12.8 Å². The Morgan fingerprint density at radius 3 is 2.60 bits per heavy atom. The number of phenolic OH excluding ortho intramolecular Hbond substituents is 1. The molecule has 0 heterocycles. The molecule has 2 rings (SSSR count). The molecule has 0 aliphatic heterocycles. The molecule has 0 bridgehead atoms. The monoisotopic (exact) mass is 342 g/mol. The van der Waals surface area contributed by atoms with Crippen LogP contribution in [0, 0.1) is 0 Å². The summed E-state index contributed by atoms with van der Waals surface area (Å²) in [6.45, 7) is 4.23. The molecule has 0 atom stereocenters. The van der Waals surface area contributed by atoms with Gasteiger partial charge in [0.15, 0.2) is 18.1 Å². The third-order valence-corrected chi connectivity index (χ3v) is 3.39. The molecule has 2 aromatic carbocycles. The number of nitrogens with zero attached hydrogens (tertiary/aromatic N) is 1. The van der Waals surface area contributed by atoms with Gasteiger partial charge in [-0.1, -0.05) is 19.1 Å². The molecular weight excluding hydrogens is 320 g/mol. The van der Waals surface area contributed by atoms with Crippen molar-refractivity contribution < 1.29 is 19.4 Å². The highest BCUT2D eigenvalue weighted by Crippen LogP contribution is 2.26. The van der Waals surface area contributed by atoms with Crippen molar-refractivity contribution in [3.8, 4) is 17.2 Å². The van der Waals surface area contributed by atoms with Crippen LogP contribution < -0.4 is 14.9 Å². The molecule has 0 aromatic heterocycles. The smallest absolute Gasteiger partial charge is 0.277 e. The van der Waals surface area contributed by atoms with Gasteiger partial charge in [0.2, 0.25) is 0 Å². The fraction of sp³-hybridized carbons (Fsp3) is 0.263. The summed E-state index contributed by atoms with van der Waals surface area (Å²) in [7, 11) is 0. The first-order valence-corrected chi connectivity index (χ1v) is 8.11. The third-order valence-electron chi connectivity index (χ3n) is 3.39. The number of benzene rings is 2. The molecule has 0 fully saturated rings. The number of nitrogens with one attached hydrogen (secondary N) is 1. The van der Waals surface area contributed by atoms with Gasteiger partial charge in [-0.25, -0.2) is 5.43 Å². The van der Waals surface area contributed by atoms with Crippen LogP contribution in [0.25, 0.3) is 0 Å². The number of hydrogen-bond donors (Lipinski definition) is 2. The van der Waals surface area contributed by atoms with Crippen molar-refractivity contribution in [2.24, 2.45) is 5.10 Å². The van der Waals surface area contributed by atoms with Gasteiger partial charge in [-0.3, -0.25) is 4.79 Å². The number of amides is 1. The summed E-state index contributed by atoms with van der Waals surface area (Å²) >= 11 is 0. The third kappa shape index (κ3) is 5.84. The zero-order valence-electron chi connectivity index (χ0n) is 14.4. The van der Waals surface area contributed by atoms with E-state index in [1.165, 1.54) is 17.8 Å². The Bertz CT molecular complexity index is 727. The summed E-state index contributed by atoms with van der Waals surface area (Å²) < 4.78 is 10.7. The number of ether oxygens (including phenoxy) is 2. The molecule has 1 amide bonds. The zero-order chi connectivity index (χ0) is 18.1. The number of rotatable bonds is 8. The Balaban J connectivity index is 1.82. The second kappa shape index (κ2) is 9.32. The standard InChI is InChI=1S/C19H22N2O4/c1-3-14-5-8-16(9-6-14)25-13-19(23)21-20-12-15-7-10-17(22)18(11-15)24-4-2/h5-12,22H,3-4,13H2,1-2H3,(H,21,23)/b20-12+. The highest BCUT2D eigenvalue weighted by atomic mass is 16.5. The first-order valence-electron chi connectivity index (χ1n) is 8.11. The molecule has 0 spiro atoms. The molecule has 0 saturated carbocycles. The van der Waals surface area contributed by atoms with Crippen LogP contribution in [0.5, 0.6) is 17.2 Å². The Labute approximate surface area is 147 Å². The highest BCUT2D eigenvalue weighted by molar-refractivity contribution is 5.83. The molecule has 0 aliphatic rings. The molecule has 0 radical (unpaired) electrons. The van der Waals surface area contributed by atoms with E-state index in [-0.39, 0.29) is 18.3 Å². The van der Waals surface area contributed by atoms with Crippen LogP contribution >= 0.6 is 0 Å². The van der Waals surface area contributed by atoms with E-state index in [0.717, 1.165) is 6.42 Å². The van der Waals surface area contributed by atoms with Crippen LogP contribution in [0.15, 0.2) is 47.6 Å². The Kier molecular flexibility index (Phi) is 6.83. The SMILES string of the molecule is CCOc1cc(/C=N/NC(=O)COc2ccc(CC)cc2)ccc1O. The zero-order valence-corrected chi connectivity index (χ0v) is 14.4. The lowest BCUT2D eigenvalue weighted by Crippen LogP contribution is -2.24. The van der Waals surface area contributed by atoms with Gasteiger partial charge >= 0.3 is 0 Å². The second-order valence-electron chi connectivity index (χ2n) is 5.24. The van der Waals surface area contributed by atoms with Crippen LogP contribution in [-0.2, 0) is 11.2 Å². The first kappa shape index (κ1) is 18.3. The second-order valence-corrected chi connectivity index (χ2v) is 5.24. The van der Waals surface area contributed by atoms with Gasteiger partial charge in [-0.2, -0.15) is 5.10 Å². The van der Waals surface area contributed by atoms with Crippen LogP contribution in [0.2, 0.25) is 0 Å². The maximum Gasteiger partial charge on any atom is 0.277 e. The van der Waals surface area contributed by atoms with E-state index >= 15 is 0 Å². The first-order chi connectivity index (χ1) is 12.1. The van der Waals surface area contributed by atoms with E-state index in [4.69, 9.17) is 9.47 Å². The number of aryl methyl sites for hydroxylation is 1. The molecule has 0 unspecified atom stereocenters. The van der Waals surface area contributed by atoms with Crippen LogP contribution in [0.1, 0.15) is 25.0 Å². The van der Waals surface area contributed by atoms with E-state index in [2.05, 4.69) is 17.5 Å². The average molecular weight is 342 g/mol. The van der Waals surface area contributed by atoms with E-state index in [1.807, 2.05) is 31.2 Å². The fourth-order valence-electron chi connectivity index (χ4n) is 2.06. The number of carbonyl (C=O) groups is 1. The van der Waals surface area contributed by atoms with Crippen molar-refractivity contribution in [3.63, 3.8) is 0 Å². The van der Waals surface area contributed by atoms with Gasteiger partial charge in [-0.15, -0.1) is 0 Å². The van der Waals surface area contributed by atoms with Crippen LogP contribution in [0.4, 0.5) is 0 Å². The molecule has 2 aromatic rings. The lowest BCUT2D eigenvalue weighted by Gasteiger charge is -2.06. The lowest BCUT2D eigenvalue weighted by molar-refractivity contribution is -0.123. The quantitative estimate of drug-likeness (QED) is 0.571.